The van der Waals surface area contributed by atoms with E-state index in [1.54, 1.807) is 0 Å². The van der Waals surface area contributed by atoms with Gasteiger partial charge in [-0.15, -0.1) is 0 Å². The normalized spacial score (nSPS) is 14.4. The maximum absolute atomic E-state index is 13.1. The highest BCUT2D eigenvalue weighted by molar-refractivity contribution is 7.47. The van der Waals surface area contributed by atoms with Crippen LogP contribution in [0.2, 0.25) is 0 Å². The summed E-state index contributed by atoms with van der Waals surface area (Å²) in [6, 6.07) is 0. The Kier molecular flexibility index (Phi) is 90.5. The molecule has 0 rings (SSSR count). The van der Waals surface area contributed by atoms with Gasteiger partial charge in [0.15, 0.2) is 6.10 Å². The molecule has 0 spiro atoms. The number of unbranched alkanes of at least 4 members (excludes halogenated alkanes) is 43. The number of hydrogen-bond donors (Lipinski definition) is 4. The summed E-state index contributed by atoms with van der Waals surface area (Å²) < 4.78 is 61.6. The standard InChI is InChI=1S/C103H178O16P2/c1-4-7-10-13-16-19-22-25-28-31-34-37-39-41-43-45-46-47-48-49-50-52-54-55-57-60-62-65-68-71-74-77-80-83-86-89-101(106)113-92-98(104)93-115-120(109,110)116-94-99(105)95-117-121(111,112)118-97-100(119-103(108)91-88-85-82-79-76-73-70-67-64-59-36-33-30-27-24-21-18-15-12-9-6-3)96-114-102(107)90-87-84-81-78-75-72-69-66-63-61-58-56-53-51-44-42-40-38-35-32-29-26-23-20-17-14-11-8-5-2/h7,10,16-21,25-30,34-38,41-44,59,67,70,98-100,104-105H,4-6,8-9,11-15,22-24,31-33,39-40,45-58,60-66,68-69,71-97H2,1-3H3,(H,109,110)(H,111,112)/b10-7-,19-16-,20-17-,21-18-,28-25-,29-26-,30-27-,37-34-,38-35-,43-41-,44-42-,59-36-,70-67-. The monoisotopic (exact) mass is 1730 g/mol. The second-order valence-electron chi connectivity index (χ2n) is 32.5. The SMILES string of the molecule is CC/C=C\C/C=C\C/C=C\C/C=C\C/C=C\CCCCCCCCCCCCCCCCCCCCCC(=O)OCC(O)COP(=O)(O)OCC(O)COP(=O)(O)OCC(COC(=O)CCCCCCCCCCCCCCC/C=C\C/C=C\C/C=C\C/C=C\CCCCC)OC(=O)CCCCCCC/C=C\C/C=C\C/C=C\C/C=C\CCCCC. The smallest absolute Gasteiger partial charge is 0.463 e. The van der Waals surface area contributed by atoms with Crippen LogP contribution >= 0.6 is 15.6 Å². The number of aliphatic hydroxyl groups is 2. The molecule has 0 radical (unpaired) electrons. The summed E-state index contributed by atoms with van der Waals surface area (Å²) in [6.45, 7) is 2.55. The van der Waals surface area contributed by atoms with E-state index in [0.29, 0.717) is 19.3 Å². The van der Waals surface area contributed by atoms with Crippen molar-refractivity contribution in [2.45, 2.75) is 437 Å². The summed E-state index contributed by atoms with van der Waals surface area (Å²) in [4.78, 5) is 59.1. The van der Waals surface area contributed by atoms with E-state index in [1.165, 1.54) is 199 Å². The molecule has 0 saturated heterocycles. The lowest BCUT2D eigenvalue weighted by atomic mass is 10.0. The molecule has 4 N–H and O–H groups in total. The summed E-state index contributed by atoms with van der Waals surface area (Å²) in [5, 5.41) is 20.8. The van der Waals surface area contributed by atoms with Gasteiger partial charge < -0.3 is 34.2 Å². The third kappa shape index (κ3) is 95.7. The van der Waals surface area contributed by atoms with Gasteiger partial charge in [0.25, 0.3) is 0 Å². The fourth-order valence-electron chi connectivity index (χ4n) is 13.3. The Morgan fingerprint density at radius 1 is 0.240 bits per heavy atom. The van der Waals surface area contributed by atoms with Crippen LogP contribution in [0.25, 0.3) is 0 Å². The van der Waals surface area contributed by atoms with Crippen LogP contribution in [-0.2, 0) is 55.8 Å². The average molecular weight is 1730 g/mol. The van der Waals surface area contributed by atoms with Crippen molar-refractivity contribution in [1.29, 1.82) is 0 Å². The zero-order valence-corrected chi connectivity index (χ0v) is 78.7. The zero-order chi connectivity index (χ0) is 87.9. The third-order valence-electron chi connectivity index (χ3n) is 20.7. The lowest BCUT2D eigenvalue weighted by Crippen LogP contribution is -2.30. The predicted molar refractivity (Wildman–Crippen MR) is 509 cm³/mol. The Hall–Kier alpha value is -4.83. The molecule has 18 heteroatoms. The van der Waals surface area contributed by atoms with E-state index < -0.39 is 91.5 Å². The molecule has 0 bridgehead atoms. The Morgan fingerprint density at radius 2 is 0.438 bits per heavy atom. The second kappa shape index (κ2) is 94.3. The van der Waals surface area contributed by atoms with E-state index in [-0.39, 0.29) is 19.3 Å². The molecule has 0 aliphatic heterocycles. The molecule has 0 fully saturated rings. The van der Waals surface area contributed by atoms with Crippen LogP contribution < -0.4 is 0 Å². The van der Waals surface area contributed by atoms with Gasteiger partial charge in [-0.25, -0.2) is 9.13 Å². The number of hydrogen-bond acceptors (Lipinski definition) is 14. The number of aliphatic hydroxyl groups excluding tert-OH is 2. The first kappa shape index (κ1) is 116. The van der Waals surface area contributed by atoms with Crippen LogP contribution in [0.15, 0.2) is 158 Å². The van der Waals surface area contributed by atoms with Gasteiger partial charge in [0.2, 0.25) is 0 Å². The van der Waals surface area contributed by atoms with Gasteiger partial charge in [0.05, 0.1) is 26.4 Å². The molecule has 0 aliphatic rings. The first-order chi connectivity index (χ1) is 59.2. The molecule has 696 valence electrons. The van der Waals surface area contributed by atoms with Gasteiger partial charge in [-0.3, -0.25) is 32.5 Å². The summed E-state index contributed by atoms with van der Waals surface area (Å²) in [5.74, 6) is -1.58. The highest BCUT2D eigenvalue weighted by Gasteiger charge is 2.30. The van der Waals surface area contributed by atoms with Crippen molar-refractivity contribution in [2.24, 2.45) is 0 Å². The van der Waals surface area contributed by atoms with Crippen LogP contribution in [0.3, 0.4) is 0 Å². The van der Waals surface area contributed by atoms with E-state index >= 15 is 0 Å². The maximum Gasteiger partial charge on any atom is 0.472 e. The number of phosphoric acid groups is 2. The molecule has 0 aromatic heterocycles. The molecule has 0 aliphatic carbocycles. The number of allylic oxidation sites excluding steroid dienone is 26. The fourth-order valence-corrected chi connectivity index (χ4v) is 14.9. The maximum atomic E-state index is 13.1. The summed E-state index contributed by atoms with van der Waals surface area (Å²) >= 11 is 0. The Balaban J connectivity index is 4.53. The highest BCUT2D eigenvalue weighted by Crippen LogP contribution is 2.45. The van der Waals surface area contributed by atoms with E-state index in [2.05, 4.69) is 179 Å². The van der Waals surface area contributed by atoms with E-state index in [4.69, 9.17) is 32.3 Å². The molecular weight excluding hydrogens is 1560 g/mol. The van der Waals surface area contributed by atoms with Crippen LogP contribution in [0.1, 0.15) is 419 Å². The molecule has 121 heavy (non-hydrogen) atoms. The zero-order valence-electron chi connectivity index (χ0n) is 76.9. The second-order valence-corrected chi connectivity index (χ2v) is 35.4. The summed E-state index contributed by atoms with van der Waals surface area (Å²) in [7, 11) is -9.82. The molecule has 0 amide bonds. The third-order valence-corrected chi connectivity index (χ3v) is 22.6. The Labute approximate surface area is 740 Å². The molecule has 5 unspecified atom stereocenters. The van der Waals surface area contributed by atoms with Crippen molar-refractivity contribution in [1.82, 2.24) is 0 Å². The van der Waals surface area contributed by atoms with Gasteiger partial charge >= 0.3 is 33.6 Å². The minimum atomic E-state index is -4.95. The summed E-state index contributed by atoms with van der Waals surface area (Å²) in [6.07, 6.45) is 122. The average Bonchev–Trinajstić information content (AvgIpc) is 0.879. The number of rotatable bonds is 92. The highest BCUT2D eigenvalue weighted by atomic mass is 31.2. The van der Waals surface area contributed by atoms with Gasteiger partial charge in [-0.2, -0.15) is 0 Å². The largest absolute Gasteiger partial charge is 0.472 e. The van der Waals surface area contributed by atoms with E-state index in [9.17, 15) is 43.5 Å². The van der Waals surface area contributed by atoms with Crippen LogP contribution in [0.4, 0.5) is 0 Å². The van der Waals surface area contributed by atoms with E-state index in [1.807, 2.05) is 0 Å². The lowest BCUT2D eigenvalue weighted by Gasteiger charge is -2.21. The van der Waals surface area contributed by atoms with Crippen molar-refractivity contribution in [3.63, 3.8) is 0 Å². The quantitative estimate of drug-likeness (QED) is 0.0146. The Bertz CT molecular complexity index is 2830. The number of ether oxygens (including phenoxy) is 3. The molecule has 16 nitrogen and oxygen atoms in total. The molecule has 5 atom stereocenters. The lowest BCUT2D eigenvalue weighted by molar-refractivity contribution is -0.161. The fraction of sp³-hybridized carbons (Fsp3) is 0.718. The predicted octanol–water partition coefficient (Wildman–Crippen LogP) is 30.5. The topological polar surface area (TPSA) is 231 Å². The number of phosphoric ester groups is 2. The molecule has 0 saturated carbocycles. The first-order valence-corrected chi connectivity index (χ1v) is 51.8. The number of carbonyl (C=O) groups is 3. The van der Waals surface area contributed by atoms with Crippen molar-refractivity contribution >= 4 is 33.6 Å². The van der Waals surface area contributed by atoms with Gasteiger partial charge in [-0.05, 0) is 154 Å². The van der Waals surface area contributed by atoms with Gasteiger partial charge in [0, 0.05) is 19.3 Å². The minimum Gasteiger partial charge on any atom is -0.463 e. The molecule has 0 aromatic rings. The Morgan fingerprint density at radius 3 is 0.694 bits per heavy atom. The van der Waals surface area contributed by atoms with Crippen molar-refractivity contribution in [3.8, 4) is 0 Å². The van der Waals surface area contributed by atoms with Crippen LogP contribution in [0.5, 0.6) is 0 Å². The molecular formula is C103H178O16P2. The van der Waals surface area contributed by atoms with Crippen molar-refractivity contribution < 1.29 is 75.8 Å². The van der Waals surface area contributed by atoms with Crippen LogP contribution in [-0.4, -0.2) is 95.9 Å². The number of esters is 3. The van der Waals surface area contributed by atoms with Crippen molar-refractivity contribution in [2.75, 3.05) is 39.6 Å². The number of carbonyl (C=O) groups excluding carboxylic acids is 3. The molecule has 0 aromatic carbocycles. The minimum absolute atomic E-state index is 0.0811. The first-order valence-electron chi connectivity index (χ1n) is 48.8. The van der Waals surface area contributed by atoms with Gasteiger partial charge in [-0.1, -0.05) is 403 Å². The summed E-state index contributed by atoms with van der Waals surface area (Å²) in [5.41, 5.74) is 0. The molecule has 0 heterocycles. The van der Waals surface area contributed by atoms with Gasteiger partial charge in [0.1, 0.15) is 25.4 Å². The van der Waals surface area contributed by atoms with Crippen LogP contribution in [0, 0.1) is 0 Å². The van der Waals surface area contributed by atoms with E-state index in [0.717, 1.165) is 161 Å². The van der Waals surface area contributed by atoms with Crippen molar-refractivity contribution in [3.05, 3.63) is 158 Å².